The summed E-state index contributed by atoms with van der Waals surface area (Å²) < 4.78 is 61.0. The number of aromatic nitrogens is 2. The molecule has 1 N–H and O–H groups in total. The van der Waals surface area contributed by atoms with E-state index in [0.29, 0.717) is 17.3 Å². The molecule has 0 unspecified atom stereocenters. The molecule has 0 aliphatic rings. The summed E-state index contributed by atoms with van der Waals surface area (Å²) in [4.78, 5) is 0. The third kappa shape index (κ3) is 4.43. The molecule has 4 aromatic rings. The first-order valence-corrected chi connectivity index (χ1v) is 11.7. The number of halogens is 2. The maximum absolute atomic E-state index is 14.0. The van der Waals surface area contributed by atoms with Crippen molar-refractivity contribution in [3.05, 3.63) is 83.1 Å². The second-order valence-corrected chi connectivity index (χ2v) is 9.32. The van der Waals surface area contributed by atoms with Crippen LogP contribution in [0.3, 0.4) is 0 Å². The highest BCUT2D eigenvalue weighted by Gasteiger charge is 2.17. The lowest BCUT2D eigenvalue weighted by molar-refractivity contribution is 0.274. The van der Waals surface area contributed by atoms with Gasteiger partial charge in [0.05, 0.1) is 23.0 Å². The Labute approximate surface area is 184 Å². The van der Waals surface area contributed by atoms with Crippen molar-refractivity contribution in [1.29, 1.82) is 0 Å². The number of anilines is 1. The first-order chi connectivity index (χ1) is 15.1. The molecule has 0 atom stereocenters. The Balaban J connectivity index is 1.77. The van der Waals surface area contributed by atoms with Crippen LogP contribution in [-0.4, -0.2) is 24.3 Å². The molecule has 2 aromatic carbocycles. The summed E-state index contributed by atoms with van der Waals surface area (Å²) in [5, 5.41) is 4.56. The zero-order valence-electron chi connectivity index (χ0n) is 17.7. The van der Waals surface area contributed by atoms with E-state index in [2.05, 4.69) is 9.82 Å². The molecular weight excluding hydrogens is 436 g/mol. The molecule has 0 saturated heterocycles. The Bertz CT molecular complexity index is 1410. The largest absolute Gasteiger partial charge is 0.473 e. The summed E-state index contributed by atoms with van der Waals surface area (Å²) in [6, 6.07) is 14.3. The molecule has 0 aliphatic carbocycles. The predicted octanol–water partition coefficient (Wildman–Crippen LogP) is 4.85. The maximum atomic E-state index is 14.0. The molecule has 0 aliphatic heterocycles. The normalized spacial score (nSPS) is 11.7. The summed E-state index contributed by atoms with van der Waals surface area (Å²) in [6.07, 6.45) is 1.09. The van der Waals surface area contributed by atoms with Crippen LogP contribution in [0, 0.1) is 25.5 Å². The van der Waals surface area contributed by atoms with Crippen LogP contribution in [0.2, 0.25) is 0 Å². The second-order valence-electron chi connectivity index (χ2n) is 7.57. The predicted molar refractivity (Wildman–Crippen MR) is 119 cm³/mol. The Morgan fingerprint density at radius 2 is 1.72 bits per heavy atom. The number of benzene rings is 2. The van der Waals surface area contributed by atoms with Crippen molar-refractivity contribution in [3.8, 4) is 17.0 Å². The summed E-state index contributed by atoms with van der Waals surface area (Å²) in [5.74, 6) is -1.02. The van der Waals surface area contributed by atoms with Gasteiger partial charge in [-0.15, -0.1) is 0 Å². The van der Waals surface area contributed by atoms with Crippen LogP contribution in [0.1, 0.15) is 16.8 Å². The highest BCUT2D eigenvalue weighted by molar-refractivity contribution is 7.92. The average molecular weight is 458 g/mol. The van der Waals surface area contributed by atoms with Crippen molar-refractivity contribution in [2.75, 3.05) is 11.0 Å². The lowest BCUT2D eigenvalue weighted by Crippen LogP contribution is -2.09. The third-order valence-corrected chi connectivity index (χ3v) is 5.51. The van der Waals surface area contributed by atoms with Gasteiger partial charge in [-0.05, 0) is 55.3 Å². The van der Waals surface area contributed by atoms with E-state index in [4.69, 9.17) is 4.74 Å². The van der Waals surface area contributed by atoms with Crippen molar-refractivity contribution in [1.82, 2.24) is 9.61 Å². The number of nitrogens with one attached hydrogen (secondary N) is 1. The minimum absolute atomic E-state index is 0.161. The number of aryl methyl sites for hydroxylation is 2. The standard InChI is InChI=1S/C23H21F2N3O3S/c1-14-10-21-23(16-6-4-7-17(12-16)27-32(3,29)30)15(2)26-28(21)22(11-14)31-13-18-19(24)8-5-9-20(18)25/h4-12,27H,13H2,1-3H3. The van der Waals surface area contributed by atoms with Crippen molar-refractivity contribution in [2.45, 2.75) is 20.5 Å². The first-order valence-electron chi connectivity index (χ1n) is 9.76. The van der Waals surface area contributed by atoms with E-state index in [1.807, 2.05) is 26.0 Å². The van der Waals surface area contributed by atoms with Gasteiger partial charge in [-0.2, -0.15) is 5.10 Å². The highest BCUT2D eigenvalue weighted by Crippen LogP contribution is 2.33. The molecule has 32 heavy (non-hydrogen) atoms. The molecule has 0 fully saturated rings. The van der Waals surface area contributed by atoms with Gasteiger partial charge in [-0.3, -0.25) is 4.72 Å². The lowest BCUT2D eigenvalue weighted by Gasteiger charge is -2.11. The van der Waals surface area contributed by atoms with E-state index in [1.54, 1.807) is 28.8 Å². The molecule has 0 spiro atoms. The number of nitrogens with zero attached hydrogens (tertiary/aromatic N) is 2. The molecule has 0 amide bonds. The fraction of sp³-hybridized carbons (Fsp3) is 0.174. The molecule has 2 aromatic heterocycles. The molecule has 0 bridgehead atoms. The summed E-state index contributed by atoms with van der Waals surface area (Å²) >= 11 is 0. The molecule has 0 saturated carbocycles. The van der Waals surface area contributed by atoms with E-state index in [9.17, 15) is 17.2 Å². The van der Waals surface area contributed by atoms with Gasteiger partial charge >= 0.3 is 0 Å². The van der Waals surface area contributed by atoms with E-state index in [1.165, 1.54) is 18.2 Å². The second kappa shape index (κ2) is 8.23. The minimum atomic E-state index is -3.42. The average Bonchev–Trinajstić information content (AvgIpc) is 3.02. The number of pyridine rings is 1. The van der Waals surface area contributed by atoms with Crippen molar-refractivity contribution < 1.29 is 21.9 Å². The Kier molecular flexibility index (Phi) is 5.60. The molecule has 9 heteroatoms. The number of hydrogen-bond donors (Lipinski definition) is 1. The monoisotopic (exact) mass is 457 g/mol. The van der Waals surface area contributed by atoms with E-state index < -0.39 is 21.7 Å². The highest BCUT2D eigenvalue weighted by atomic mass is 32.2. The SMILES string of the molecule is Cc1cc(OCc2c(F)cccc2F)n2nc(C)c(-c3cccc(NS(C)(=O)=O)c3)c2c1. The Morgan fingerprint density at radius 1 is 1.03 bits per heavy atom. The van der Waals surface area contributed by atoms with Crippen LogP contribution in [0.15, 0.2) is 54.6 Å². The van der Waals surface area contributed by atoms with Gasteiger partial charge in [0.2, 0.25) is 15.9 Å². The molecule has 4 rings (SSSR count). The maximum Gasteiger partial charge on any atom is 0.229 e. The quantitative estimate of drug-likeness (QED) is 0.449. The minimum Gasteiger partial charge on any atom is -0.473 e. The van der Waals surface area contributed by atoms with Crippen LogP contribution in [0.5, 0.6) is 5.88 Å². The van der Waals surface area contributed by atoms with Crippen LogP contribution in [-0.2, 0) is 16.6 Å². The zero-order chi connectivity index (χ0) is 23.0. The molecule has 0 radical (unpaired) electrons. The lowest BCUT2D eigenvalue weighted by atomic mass is 10.0. The van der Waals surface area contributed by atoms with Gasteiger partial charge in [0.1, 0.15) is 18.2 Å². The molecule has 2 heterocycles. The summed E-state index contributed by atoms with van der Waals surface area (Å²) in [6.45, 7) is 3.41. The zero-order valence-corrected chi connectivity index (χ0v) is 18.5. The van der Waals surface area contributed by atoms with E-state index >= 15 is 0 Å². The number of sulfonamides is 1. The van der Waals surface area contributed by atoms with Gasteiger partial charge in [-0.25, -0.2) is 21.7 Å². The molecule has 166 valence electrons. The topological polar surface area (TPSA) is 72.7 Å². The van der Waals surface area contributed by atoms with Crippen LogP contribution < -0.4 is 9.46 Å². The summed E-state index contributed by atoms with van der Waals surface area (Å²) in [7, 11) is -3.42. The number of fused-ring (bicyclic) bond motifs is 1. The van der Waals surface area contributed by atoms with Crippen molar-refractivity contribution in [3.63, 3.8) is 0 Å². The van der Waals surface area contributed by atoms with Gasteiger partial charge in [-0.1, -0.05) is 18.2 Å². The molecule has 6 nitrogen and oxygen atoms in total. The number of rotatable bonds is 6. The number of hydrogen-bond acceptors (Lipinski definition) is 4. The smallest absolute Gasteiger partial charge is 0.229 e. The van der Waals surface area contributed by atoms with Crippen molar-refractivity contribution in [2.24, 2.45) is 0 Å². The van der Waals surface area contributed by atoms with Crippen molar-refractivity contribution >= 4 is 21.2 Å². The van der Waals surface area contributed by atoms with E-state index in [-0.39, 0.29) is 12.2 Å². The Morgan fingerprint density at radius 3 is 2.41 bits per heavy atom. The van der Waals surface area contributed by atoms with E-state index in [0.717, 1.165) is 28.5 Å². The van der Waals surface area contributed by atoms with Gasteiger partial charge in [0.25, 0.3) is 0 Å². The van der Waals surface area contributed by atoms with Gasteiger partial charge < -0.3 is 4.74 Å². The van der Waals surface area contributed by atoms with Crippen LogP contribution in [0.4, 0.5) is 14.5 Å². The third-order valence-electron chi connectivity index (χ3n) is 4.90. The van der Waals surface area contributed by atoms with Crippen LogP contribution >= 0.6 is 0 Å². The summed E-state index contributed by atoms with van der Waals surface area (Å²) in [5.41, 5.74) is 4.12. The fourth-order valence-electron chi connectivity index (χ4n) is 3.59. The Hall–Kier alpha value is -3.46. The fourth-order valence-corrected chi connectivity index (χ4v) is 4.14. The van der Waals surface area contributed by atoms with Gasteiger partial charge in [0.15, 0.2) is 0 Å². The van der Waals surface area contributed by atoms with Gasteiger partial charge in [0, 0.05) is 17.3 Å². The number of ether oxygens (including phenoxy) is 1. The first kappa shape index (κ1) is 21.8. The van der Waals surface area contributed by atoms with Crippen LogP contribution in [0.25, 0.3) is 16.6 Å². The molecular formula is C23H21F2N3O3S.